The number of hydrogen-bond acceptors (Lipinski definition) is 2. The summed E-state index contributed by atoms with van der Waals surface area (Å²) in [6, 6.07) is 3.36. The van der Waals surface area contributed by atoms with Crippen LogP contribution in [0.15, 0.2) is 12.1 Å². The molecule has 112 valence electrons. The van der Waals surface area contributed by atoms with E-state index >= 15 is 0 Å². The van der Waals surface area contributed by atoms with Crippen molar-refractivity contribution in [2.24, 2.45) is 5.92 Å². The van der Waals surface area contributed by atoms with Crippen LogP contribution >= 0.6 is 11.6 Å². The molecule has 0 saturated carbocycles. The van der Waals surface area contributed by atoms with Gasteiger partial charge in [-0.2, -0.15) is 0 Å². The average Bonchev–Trinajstić information content (AvgIpc) is 2.35. The third kappa shape index (κ3) is 6.90. The van der Waals surface area contributed by atoms with Crippen molar-refractivity contribution in [3.63, 3.8) is 0 Å². The lowest BCUT2D eigenvalue weighted by Gasteiger charge is -2.07. The Bertz CT molecular complexity index is 412. The third-order valence-electron chi connectivity index (χ3n) is 3.18. The van der Waals surface area contributed by atoms with Crippen LogP contribution in [0.2, 0.25) is 5.15 Å². The molecular weight excluding hydrogens is 272 g/mol. The van der Waals surface area contributed by atoms with E-state index in [9.17, 15) is 4.79 Å². The molecule has 3 nitrogen and oxygen atoms in total. The van der Waals surface area contributed by atoms with Gasteiger partial charge < -0.3 is 5.32 Å². The zero-order valence-electron chi connectivity index (χ0n) is 12.7. The Hall–Kier alpha value is -1.09. The fourth-order valence-corrected chi connectivity index (χ4v) is 2.35. The number of hydrogen-bond donors (Lipinski definition) is 1. The SMILES string of the molecule is Cc1cc(C(=O)NCCCCCCC(C)C)cc(Cl)n1. The summed E-state index contributed by atoms with van der Waals surface area (Å²) in [6.07, 6.45) is 6.02. The first-order valence-electron chi connectivity index (χ1n) is 7.41. The Labute approximate surface area is 127 Å². The fourth-order valence-electron chi connectivity index (χ4n) is 2.09. The molecule has 4 heteroatoms. The van der Waals surface area contributed by atoms with Gasteiger partial charge in [-0.1, -0.05) is 51.1 Å². The number of pyridine rings is 1. The molecule has 0 unspecified atom stereocenters. The molecule has 0 aromatic carbocycles. The van der Waals surface area contributed by atoms with Crippen LogP contribution in [0, 0.1) is 12.8 Å². The second-order valence-electron chi connectivity index (χ2n) is 5.67. The van der Waals surface area contributed by atoms with Crippen LogP contribution in [0.4, 0.5) is 0 Å². The summed E-state index contributed by atoms with van der Waals surface area (Å²) in [7, 11) is 0. The Morgan fingerprint density at radius 1 is 1.25 bits per heavy atom. The van der Waals surface area contributed by atoms with E-state index in [4.69, 9.17) is 11.6 Å². The highest BCUT2D eigenvalue weighted by molar-refractivity contribution is 6.29. The standard InChI is InChI=1S/C16H25ClN2O/c1-12(2)8-6-4-5-7-9-18-16(20)14-10-13(3)19-15(17)11-14/h10-12H,4-9H2,1-3H3,(H,18,20). The van der Waals surface area contributed by atoms with Crippen LogP contribution in [0.5, 0.6) is 0 Å². The molecule has 0 saturated heterocycles. The molecule has 0 spiro atoms. The number of carbonyl (C=O) groups excluding carboxylic acids is 1. The van der Waals surface area contributed by atoms with Gasteiger partial charge in [-0.3, -0.25) is 4.79 Å². The molecule has 1 heterocycles. The summed E-state index contributed by atoms with van der Waals surface area (Å²) >= 11 is 5.85. The quantitative estimate of drug-likeness (QED) is 0.571. The van der Waals surface area contributed by atoms with Gasteiger partial charge >= 0.3 is 0 Å². The topological polar surface area (TPSA) is 42.0 Å². The van der Waals surface area contributed by atoms with Crippen molar-refractivity contribution < 1.29 is 4.79 Å². The third-order valence-corrected chi connectivity index (χ3v) is 3.37. The van der Waals surface area contributed by atoms with Gasteiger partial charge in [0.05, 0.1) is 0 Å². The lowest BCUT2D eigenvalue weighted by atomic mass is 10.0. The van der Waals surface area contributed by atoms with Gasteiger partial charge in [-0.25, -0.2) is 4.98 Å². The zero-order valence-corrected chi connectivity index (χ0v) is 13.5. The molecule has 0 aliphatic heterocycles. The molecule has 0 fully saturated rings. The van der Waals surface area contributed by atoms with Crippen LogP contribution in [-0.4, -0.2) is 17.4 Å². The second kappa shape index (κ2) is 8.96. The number of aryl methyl sites for hydroxylation is 1. The normalized spacial score (nSPS) is 10.8. The molecule has 20 heavy (non-hydrogen) atoms. The highest BCUT2D eigenvalue weighted by atomic mass is 35.5. The maximum atomic E-state index is 11.9. The van der Waals surface area contributed by atoms with E-state index in [1.807, 2.05) is 6.92 Å². The minimum Gasteiger partial charge on any atom is -0.352 e. The van der Waals surface area contributed by atoms with Gasteiger partial charge in [-0.15, -0.1) is 0 Å². The molecule has 0 radical (unpaired) electrons. The van der Waals surface area contributed by atoms with Crippen molar-refractivity contribution in [1.82, 2.24) is 10.3 Å². The monoisotopic (exact) mass is 296 g/mol. The van der Waals surface area contributed by atoms with Gasteiger partial charge in [0.2, 0.25) is 0 Å². The summed E-state index contributed by atoms with van der Waals surface area (Å²) < 4.78 is 0. The van der Waals surface area contributed by atoms with Gasteiger partial charge in [0.25, 0.3) is 5.91 Å². The predicted octanol–water partition coefficient (Wildman–Crippen LogP) is 4.38. The highest BCUT2D eigenvalue weighted by Gasteiger charge is 2.07. The van der Waals surface area contributed by atoms with Gasteiger partial charge in [0.1, 0.15) is 5.15 Å². The van der Waals surface area contributed by atoms with Crippen molar-refractivity contribution >= 4 is 17.5 Å². The van der Waals surface area contributed by atoms with E-state index in [0.29, 0.717) is 10.7 Å². The first-order valence-corrected chi connectivity index (χ1v) is 7.79. The Morgan fingerprint density at radius 3 is 2.60 bits per heavy atom. The first-order chi connectivity index (χ1) is 9.49. The smallest absolute Gasteiger partial charge is 0.251 e. The minimum absolute atomic E-state index is 0.0698. The highest BCUT2D eigenvalue weighted by Crippen LogP contribution is 2.11. The lowest BCUT2D eigenvalue weighted by molar-refractivity contribution is 0.0952. The summed E-state index contributed by atoms with van der Waals surface area (Å²) in [5.74, 6) is 0.717. The second-order valence-corrected chi connectivity index (χ2v) is 6.06. The summed E-state index contributed by atoms with van der Waals surface area (Å²) in [5, 5.41) is 3.29. The van der Waals surface area contributed by atoms with Crippen molar-refractivity contribution in [2.75, 3.05) is 6.54 Å². The van der Waals surface area contributed by atoms with Gasteiger partial charge in [-0.05, 0) is 31.4 Å². The minimum atomic E-state index is -0.0698. The van der Waals surface area contributed by atoms with Crippen LogP contribution in [0.3, 0.4) is 0 Å². The molecule has 0 atom stereocenters. The Kier molecular flexibility index (Phi) is 7.60. The van der Waals surface area contributed by atoms with E-state index in [-0.39, 0.29) is 5.91 Å². The molecule has 1 aromatic rings. The van der Waals surface area contributed by atoms with Crippen molar-refractivity contribution in [3.05, 3.63) is 28.5 Å². The van der Waals surface area contributed by atoms with E-state index in [1.54, 1.807) is 12.1 Å². The number of unbranched alkanes of at least 4 members (excludes halogenated alkanes) is 3. The maximum absolute atomic E-state index is 11.9. The number of aromatic nitrogens is 1. The summed E-state index contributed by atoms with van der Waals surface area (Å²) in [5.41, 5.74) is 1.35. The van der Waals surface area contributed by atoms with Gasteiger partial charge in [0, 0.05) is 17.8 Å². The van der Waals surface area contributed by atoms with E-state index in [2.05, 4.69) is 24.1 Å². The largest absolute Gasteiger partial charge is 0.352 e. The average molecular weight is 297 g/mol. The van der Waals surface area contributed by atoms with Gasteiger partial charge in [0.15, 0.2) is 0 Å². The van der Waals surface area contributed by atoms with E-state index in [1.165, 1.54) is 25.7 Å². The van der Waals surface area contributed by atoms with Crippen molar-refractivity contribution in [3.8, 4) is 0 Å². The summed E-state index contributed by atoms with van der Waals surface area (Å²) in [6.45, 7) is 7.06. The number of nitrogens with one attached hydrogen (secondary N) is 1. The molecule has 1 aromatic heterocycles. The van der Waals surface area contributed by atoms with Crippen LogP contribution < -0.4 is 5.32 Å². The summed E-state index contributed by atoms with van der Waals surface area (Å²) in [4.78, 5) is 16.0. The van der Waals surface area contributed by atoms with Crippen LogP contribution in [0.1, 0.15) is 62.0 Å². The number of nitrogens with zero attached hydrogens (tertiary/aromatic N) is 1. The number of halogens is 1. The molecule has 0 bridgehead atoms. The molecule has 1 N–H and O–H groups in total. The fraction of sp³-hybridized carbons (Fsp3) is 0.625. The van der Waals surface area contributed by atoms with Crippen molar-refractivity contribution in [1.29, 1.82) is 0 Å². The molecule has 1 rings (SSSR count). The lowest BCUT2D eigenvalue weighted by Crippen LogP contribution is -2.24. The van der Waals surface area contributed by atoms with Crippen LogP contribution in [-0.2, 0) is 0 Å². The number of carbonyl (C=O) groups is 1. The maximum Gasteiger partial charge on any atom is 0.251 e. The Balaban J connectivity index is 2.20. The molecule has 0 aliphatic carbocycles. The zero-order chi connectivity index (χ0) is 15.0. The Morgan fingerprint density at radius 2 is 1.95 bits per heavy atom. The van der Waals surface area contributed by atoms with Crippen LogP contribution in [0.25, 0.3) is 0 Å². The molecular formula is C16H25ClN2O. The predicted molar refractivity (Wildman–Crippen MR) is 84.2 cm³/mol. The van der Waals surface area contributed by atoms with Crippen molar-refractivity contribution in [2.45, 2.75) is 52.9 Å². The first kappa shape index (κ1) is 17.0. The van der Waals surface area contributed by atoms with E-state index < -0.39 is 0 Å². The number of rotatable bonds is 8. The number of amides is 1. The molecule has 1 amide bonds. The van der Waals surface area contributed by atoms with E-state index in [0.717, 1.165) is 24.6 Å². The molecule has 0 aliphatic rings.